The van der Waals surface area contributed by atoms with Crippen molar-refractivity contribution in [1.82, 2.24) is 9.80 Å². The number of ether oxygens (including phenoxy) is 1. The first-order valence-corrected chi connectivity index (χ1v) is 14.8. The zero-order chi connectivity index (χ0) is 26.2. The van der Waals surface area contributed by atoms with E-state index in [1.807, 2.05) is 4.90 Å². The van der Waals surface area contributed by atoms with E-state index in [1.165, 1.54) is 6.42 Å². The van der Waals surface area contributed by atoms with Crippen molar-refractivity contribution in [2.45, 2.75) is 101 Å². The van der Waals surface area contributed by atoms with Crippen LogP contribution in [0.5, 0.6) is 0 Å². The summed E-state index contributed by atoms with van der Waals surface area (Å²) in [5.74, 6) is -1.31. The predicted octanol–water partition coefficient (Wildman–Crippen LogP) is 3.64. The molecular formula is C28H44N2O5S. The third-order valence-corrected chi connectivity index (χ3v) is 11.0. The SMILES string of the molecule is C=CCN(C(=O)C1N([C@@H](CO)CC(C)C)C(=O)[C@@H]2[C@H](C(=O)OCC)[C@@H]3CC(C)C12S3)C1CCCCC1. The first kappa shape index (κ1) is 27.5. The lowest BCUT2D eigenvalue weighted by Gasteiger charge is -2.44. The van der Waals surface area contributed by atoms with Crippen LogP contribution in [0.25, 0.3) is 0 Å². The number of hydrogen-bond donors (Lipinski definition) is 1. The number of esters is 1. The number of carbonyl (C=O) groups excluding carboxylic acids is 3. The molecule has 8 heteroatoms. The summed E-state index contributed by atoms with van der Waals surface area (Å²) >= 11 is 1.67. The predicted molar refractivity (Wildman–Crippen MR) is 141 cm³/mol. The van der Waals surface area contributed by atoms with Gasteiger partial charge in [0, 0.05) is 17.8 Å². The Hall–Kier alpha value is -1.54. The molecule has 3 unspecified atom stereocenters. The van der Waals surface area contributed by atoms with Gasteiger partial charge in [-0.1, -0.05) is 46.1 Å². The maximum absolute atomic E-state index is 14.6. The van der Waals surface area contributed by atoms with Crippen molar-refractivity contribution in [2.24, 2.45) is 23.7 Å². The van der Waals surface area contributed by atoms with Gasteiger partial charge in [0.15, 0.2) is 0 Å². The van der Waals surface area contributed by atoms with Crippen LogP contribution in [0.4, 0.5) is 0 Å². The minimum absolute atomic E-state index is 0.0225. The highest BCUT2D eigenvalue weighted by molar-refractivity contribution is 8.02. The molecule has 3 heterocycles. The largest absolute Gasteiger partial charge is 0.466 e. The van der Waals surface area contributed by atoms with E-state index in [9.17, 15) is 19.5 Å². The Kier molecular flexibility index (Phi) is 8.45. The summed E-state index contributed by atoms with van der Waals surface area (Å²) in [5.41, 5.74) is 0. The lowest BCUT2D eigenvalue weighted by Crippen LogP contribution is -2.60. The fraction of sp³-hybridized carbons (Fsp3) is 0.821. The van der Waals surface area contributed by atoms with Gasteiger partial charge >= 0.3 is 5.97 Å². The van der Waals surface area contributed by atoms with E-state index >= 15 is 0 Å². The minimum Gasteiger partial charge on any atom is -0.466 e. The molecular weight excluding hydrogens is 476 g/mol. The summed E-state index contributed by atoms with van der Waals surface area (Å²) in [6.07, 6.45) is 8.47. The topological polar surface area (TPSA) is 87.2 Å². The first-order valence-electron chi connectivity index (χ1n) is 13.9. The van der Waals surface area contributed by atoms with Crippen molar-refractivity contribution >= 4 is 29.5 Å². The average Bonchev–Trinajstić information content (AvgIpc) is 3.45. The molecule has 0 aromatic rings. The number of fused-ring (bicyclic) bond motifs is 1. The number of rotatable bonds is 10. The van der Waals surface area contributed by atoms with Gasteiger partial charge in [0.1, 0.15) is 6.04 Å². The summed E-state index contributed by atoms with van der Waals surface area (Å²) in [4.78, 5) is 45.7. The van der Waals surface area contributed by atoms with Gasteiger partial charge in [0.2, 0.25) is 11.8 Å². The molecule has 1 aliphatic carbocycles. The van der Waals surface area contributed by atoms with Gasteiger partial charge in [-0.25, -0.2) is 0 Å². The van der Waals surface area contributed by atoms with Crippen LogP contribution in [0.15, 0.2) is 12.7 Å². The van der Waals surface area contributed by atoms with E-state index in [0.29, 0.717) is 13.0 Å². The molecule has 4 rings (SSSR count). The molecule has 4 fully saturated rings. The molecule has 2 amide bonds. The van der Waals surface area contributed by atoms with Gasteiger partial charge in [0.25, 0.3) is 0 Å². The van der Waals surface area contributed by atoms with E-state index in [0.717, 1.165) is 32.1 Å². The van der Waals surface area contributed by atoms with Crippen molar-refractivity contribution < 1.29 is 24.2 Å². The van der Waals surface area contributed by atoms with Crippen LogP contribution in [0.3, 0.4) is 0 Å². The lowest BCUT2D eigenvalue weighted by atomic mass is 9.66. The highest BCUT2D eigenvalue weighted by Crippen LogP contribution is 2.69. The second kappa shape index (κ2) is 11.1. The molecule has 36 heavy (non-hydrogen) atoms. The van der Waals surface area contributed by atoms with Crippen LogP contribution in [0.2, 0.25) is 0 Å². The van der Waals surface area contributed by atoms with Gasteiger partial charge in [-0.2, -0.15) is 0 Å². The molecule has 3 saturated heterocycles. The van der Waals surface area contributed by atoms with Crippen molar-refractivity contribution in [1.29, 1.82) is 0 Å². The highest BCUT2D eigenvalue weighted by Gasteiger charge is 2.77. The molecule has 1 N–H and O–H groups in total. The van der Waals surface area contributed by atoms with Gasteiger partial charge < -0.3 is 19.6 Å². The maximum atomic E-state index is 14.6. The van der Waals surface area contributed by atoms with Crippen molar-refractivity contribution in [3.8, 4) is 0 Å². The fourth-order valence-corrected chi connectivity index (χ4v) is 9.96. The summed E-state index contributed by atoms with van der Waals surface area (Å²) in [6.45, 7) is 12.5. The first-order chi connectivity index (χ1) is 17.2. The third kappa shape index (κ3) is 4.40. The average molecular weight is 521 g/mol. The van der Waals surface area contributed by atoms with Crippen LogP contribution in [0, 0.1) is 23.7 Å². The monoisotopic (exact) mass is 520 g/mol. The van der Waals surface area contributed by atoms with Crippen LogP contribution in [0.1, 0.15) is 72.6 Å². The zero-order valence-electron chi connectivity index (χ0n) is 22.4. The number of aliphatic hydroxyl groups is 1. The van der Waals surface area contributed by atoms with Crippen molar-refractivity contribution in [3.63, 3.8) is 0 Å². The molecule has 1 saturated carbocycles. The van der Waals surface area contributed by atoms with Crippen LogP contribution < -0.4 is 0 Å². The van der Waals surface area contributed by atoms with Gasteiger partial charge in [-0.3, -0.25) is 14.4 Å². The molecule has 202 valence electrons. The third-order valence-electron chi connectivity index (χ3n) is 8.95. The maximum Gasteiger partial charge on any atom is 0.310 e. The second-order valence-corrected chi connectivity index (χ2v) is 13.1. The Morgan fingerprint density at radius 1 is 1.31 bits per heavy atom. The smallest absolute Gasteiger partial charge is 0.310 e. The Labute approximate surface area is 220 Å². The molecule has 7 atom stereocenters. The van der Waals surface area contributed by atoms with E-state index in [2.05, 4.69) is 27.4 Å². The summed E-state index contributed by atoms with van der Waals surface area (Å²) in [5, 5.41) is 10.4. The molecule has 2 bridgehead atoms. The number of nitrogens with zero attached hydrogens (tertiary/aromatic N) is 2. The Bertz CT molecular complexity index is 859. The molecule has 0 radical (unpaired) electrons. The number of likely N-dealkylation sites (tertiary alicyclic amines) is 1. The van der Waals surface area contributed by atoms with E-state index in [4.69, 9.17) is 4.74 Å². The number of thioether (sulfide) groups is 1. The van der Waals surface area contributed by atoms with Crippen molar-refractivity contribution in [2.75, 3.05) is 19.8 Å². The summed E-state index contributed by atoms with van der Waals surface area (Å²) in [7, 11) is 0. The van der Waals surface area contributed by atoms with Crippen LogP contribution in [-0.2, 0) is 19.1 Å². The molecule has 0 aromatic carbocycles. The number of amides is 2. The molecule has 1 spiro atoms. The number of aliphatic hydroxyl groups excluding tert-OH is 1. The molecule has 4 aliphatic rings. The molecule has 7 nitrogen and oxygen atoms in total. The van der Waals surface area contributed by atoms with Gasteiger partial charge in [-0.15, -0.1) is 18.3 Å². The molecule has 3 aliphatic heterocycles. The summed E-state index contributed by atoms with van der Waals surface area (Å²) < 4.78 is 4.76. The van der Waals surface area contributed by atoms with E-state index in [-0.39, 0.29) is 54.1 Å². The normalized spacial score (nSPS) is 34.7. The fourth-order valence-electron chi connectivity index (χ4n) is 7.57. The zero-order valence-corrected chi connectivity index (χ0v) is 23.2. The molecule has 0 aromatic heterocycles. The number of carbonyl (C=O) groups is 3. The van der Waals surface area contributed by atoms with Gasteiger partial charge in [0.05, 0.1) is 35.8 Å². The van der Waals surface area contributed by atoms with E-state index in [1.54, 1.807) is 29.7 Å². The highest BCUT2D eigenvalue weighted by atomic mass is 32.2. The van der Waals surface area contributed by atoms with Crippen LogP contribution >= 0.6 is 11.8 Å². The van der Waals surface area contributed by atoms with E-state index < -0.39 is 28.7 Å². The standard InChI is InChI=1S/C28H44N2O5S/c1-6-13-29(19-11-9-8-10-12-19)26(33)24-28-18(5)15-21(36-28)22(27(34)35-7-2)23(28)25(32)30(24)20(16-31)14-17(3)4/h6,17-24,31H,1,7-16H2,2-5H3/t18?,20-,21+,22-,23+,24?,28?/m1/s1. The Morgan fingerprint density at radius 3 is 2.58 bits per heavy atom. The Balaban J connectivity index is 1.81. The number of hydrogen-bond acceptors (Lipinski definition) is 6. The summed E-state index contributed by atoms with van der Waals surface area (Å²) in [6, 6.07) is -1.02. The lowest BCUT2D eigenvalue weighted by molar-refractivity contribution is -0.154. The Morgan fingerprint density at radius 2 is 2.00 bits per heavy atom. The minimum atomic E-state index is -0.697. The van der Waals surface area contributed by atoms with Crippen molar-refractivity contribution in [3.05, 3.63) is 12.7 Å². The second-order valence-electron chi connectivity index (χ2n) is 11.6. The van der Waals surface area contributed by atoms with Gasteiger partial charge in [-0.05, 0) is 44.4 Å². The quantitative estimate of drug-likeness (QED) is 0.350. The van der Waals surface area contributed by atoms with Crippen LogP contribution in [-0.4, -0.2) is 80.6 Å².